The number of likely N-dealkylation sites (tertiary alicyclic amines) is 1. The molecule has 1 aliphatic rings. The number of hydrogen-bond acceptors (Lipinski definition) is 5. The summed E-state index contributed by atoms with van der Waals surface area (Å²) in [6, 6.07) is 9.15. The third-order valence-electron chi connectivity index (χ3n) is 5.87. The summed E-state index contributed by atoms with van der Waals surface area (Å²) in [5, 5.41) is 0. The second-order valence-corrected chi connectivity index (χ2v) is 9.93. The van der Waals surface area contributed by atoms with E-state index in [4.69, 9.17) is 9.47 Å². The summed E-state index contributed by atoms with van der Waals surface area (Å²) in [4.78, 5) is 15.1. The highest BCUT2D eigenvalue weighted by Crippen LogP contribution is 2.39. The van der Waals surface area contributed by atoms with Crippen LogP contribution in [0.15, 0.2) is 35.2 Å². The largest absolute Gasteiger partial charge is 0.497 e. The molecule has 0 aliphatic carbocycles. The molecule has 8 heteroatoms. The molecule has 174 valence electrons. The van der Waals surface area contributed by atoms with Gasteiger partial charge < -0.3 is 14.4 Å². The molecule has 1 atom stereocenters. The Morgan fingerprint density at radius 3 is 2.41 bits per heavy atom. The smallest absolute Gasteiger partial charge is 0.241 e. The van der Waals surface area contributed by atoms with Gasteiger partial charge in [0, 0.05) is 25.1 Å². The number of benzene rings is 2. The molecule has 0 radical (unpaired) electrons. The Kier molecular flexibility index (Phi) is 7.46. The maximum atomic E-state index is 13.0. The van der Waals surface area contributed by atoms with Crippen molar-refractivity contribution < 1.29 is 22.7 Å². The number of amides is 1. The molecule has 1 N–H and O–H groups in total. The zero-order chi connectivity index (χ0) is 23.5. The molecular formula is C24H32N2O5S. The summed E-state index contributed by atoms with van der Waals surface area (Å²) in [6.07, 6.45) is 1.79. The van der Waals surface area contributed by atoms with Crippen molar-refractivity contribution in [3.63, 3.8) is 0 Å². The number of aryl methyl sites for hydroxylation is 3. The van der Waals surface area contributed by atoms with E-state index < -0.39 is 10.0 Å². The average Bonchev–Trinajstić information content (AvgIpc) is 3.21. The van der Waals surface area contributed by atoms with Gasteiger partial charge >= 0.3 is 0 Å². The Morgan fingerprint density at radius 1 is 1.09 bits per heavy atom. The minimum Gasteiger partial charge on any atom is -0.497 e. The van der Waals surface area contributed by atoms with E-state index in [0.717, 1.165) is 24.0 Å². The average molecular weight is 461 g/mol. The van der Waals surface area contributed by atoms with Crippen LogP contribution in [0.5, 0.6) is 11.5 Å². The maximum Gasteiger partial charge on any atom is 0.241 e. The van der Waals surface area contributed by atoms with E-state index in [1.165, 1.54) is 0 Å². The van der Waals surface area contributed by atoms with Crippen LogP contribution in [-0.2, 0) is 14.8 Å². The van der Waals surface area contributed by atoms with Crippen molar-refractivity contribution in [3.05, 3.63) is 52.6 Å². The van der Waals surface area contributed by atoms with Crippen LogP contribution in [-0.4, -0.2) is 46.5 Å². The standard InChI is InChI=1S/C24H32N2O5S/c1-16-13-17(2)24(18(3)14-16)32(28,29)25-11-10-23(27)26-12-6-7-21(26)20-15-19(30-4)8-9-22(20)31-5/h8-9,13-15,21,25H,6-7,10-12H2,1-5H3. The fourth-order valence-corrected chi connectivity index (χ4v) is 6.07. The Bertz CT molecular complexity index is 1070. The SMILES string of the molecule is COc1ccc(OC)c(C2CCCN2C(=O)CCNS(=O)(=O)c2c(C)cc(C)cc2C)c1. The third kappa shape index (κ3) is 5.07. The highest BCUT2D eigenvalue weighted by atomic mass is 32.2. The molecule has 1 fully saturated rings. The quantitative estimate of drug-likeness (QED) is 0.650. The topological polar surface area (TPSA) is 84.9 Å². The van der Waals surface area contributed by atoms with Gasteiger partial charge in [0.25, 0.3) is 0 Å². The number of sulfonamides is 1. The molecule has 1 aliphatic heterocycles. The first-order valence-electron chi connectivity index (χ1n) is 10.8. The minimum absolute atomic E-state index is 0.0480. The number of nitrogens with zero attached hydrogens (tertiary/aromatic N) is 1. The second-order valence-electron chi connectivity index (χ2n) is 8.23. The molecule has 3 rings (SSSR count). The minimum atomic E-state index is -3.70. The lowest BCUT2D eigenvalue weighted by molar-refractivity contribution is -0.132. The van der Waals surface area contributed by atoms with Crippen LogP contribution in [0.4, 0.5) is 0 Å². The van der Waals surface area contributed by atoms with Crippen molar-refractivity contribution in [2.24, 2.45) is 0 Å². The van der Waals surface area contributed by atoms with Crippen LogP contribution in [0.2, 0.25) is 0 Å². The van der Waals surface area contributed by atoms with Crippen LogP contribution < -0.4 is 14.2 Å². The van der Waals surface area contributed by atoms with Gasteiger partial charge in [-0.2, -0.15) is 0 Å². The lowest BCUT2D eigenvalue weighted by Crippen LogP contribution is -2.34. The zero-order valence-corrected chi connectivity index (χ0v) is 20.2. The third-order valence-corrected chi connectivity index (χ3v) is 7.64. The molecule has 2 aromatic carbocycles. The van der Waals surface area contributed by atoms with Gasteiger partial charge in [-0.25, -0.2) is 13.1 Å². The van der Waals surface area contributed by atoms with Crippen LogP contribution in [0.25, 0.3) is 0 Å². The van der Waals surface area contributed by atoms with Crippen molar-refractivity contribution in [1.29, 1.82) is 0 Å². The van der Waals surface area contributed by atoms with Crippen molar-refractivity contribution in [2.75, 3.05) is 27.3 Å². The molecule has 2 aromatic rings. The number of hydrogen-bond donors (Lipinski definition) is 1. The summed E-state index contributed by atoms with van der Waals surface area (Å²) in [7, 11) is -0.489. The van der Waals surface area contributed by atoms with Gasteiger partial charge in [-0.3, -0.25) is 4.79 Å². The Labute approximate surface area is 190 Å². The first-order valence-corrected chi connectivity index (χ1v) is 12.2. The highest BCUT2D eigenvalue weighted by Gasteiger charge is 2.32. The van der Waals surface area contributed by atoms with Gasteiger partial charge in [-0.05, 0) is 62.9 Å². The van der Waals surface area contributed by atoms with E-state index in [1.54, 1.807) is 28.1 Å². The normalized spacial score (nSPS) is 16.3. The molecule has 7 nitrogen and oxygen atoms in total. The van der Waals surface area contributed by atoms with Crippen LogP contribution >= 0.6 is 0 Å². The number of ether oxygens (including phenoxy) is 2. The molecule has 0 spiro atoms. The van der Waals surface area contributed by atoms with E-state index in [1.807, 2.05) is 42.2 Å². The van der Waals surface area contributed by atoms with E-state index in [9.17, 15) is 13.2 Å². The van der Waals surface area contributed by atoms with Crippen LogP contribution in [0.1, 0.15) is 47.6 Å². The molecule has 0 bridgehead atoms. The number of nitrogens with one attached hydrogen (secondary N) is 1. The fraction of sp³-hybridized carbons (Fsp3) is 0.458. The van der Waals surface area contributed by atoms with Gasteiger partial charge in [0.2, 0.25) is 15.9 Å². The van der Waals surface area contributed by atoms with Crippen LogP contribution in [0.3, 0.4) is 0 Å². The van der Waals surface area contributed by atoms with E-state index in [-0.39, 0.29) is 29.8 Å². The number of rotatable bonds is 8. The van der Waals surface area contributed by atoms with Gasteiger partial charge in [0.15, 0.2) is 0 Å². The first kappa shape index (κ1) is 24.1. The Morgan fingerprint density at radius 2 is 1.78 bits per heavy atom. The molecule has 1 heterocycles. The van der Waals surface area contributed by atoms with E-state index in [2.05, 4.69) is 4.72 Å². The molecular weight excluding hydrogens is 428 g/mol. The van der Waals surface area contributed by atoms with E-state index in [0.29, 0.717) is 29.2 Å². The number of carbonyl (C=O) groups excluding carboxylic acids is 1. The monoisotopic (exact) mass is 460 g/mol. The van der Waals surface area contributed by atoms with Gasteiger partial charge in [-0.15, -0.1) is 0 Å². The molecule has 32 heavy (non-hydrogen) atoms. The lowest BCUT2D eigenvalue weighted by atomic mass is 10.0. The second kappa shape index (κ2) is 9.92. The molecule has 1 saturated heterocycles. The Balaban J connectivity index is 1.70. The van der Waals surface area contributed by atoms with E-state index >= 15 is 0 Å². The predicted molar refractivity (Wildman–Crippen MR) is 124 cm³/mol. The summed E-state index contributed by atoms with van der Waals surface area (Å²) in [5.41, 5.74) is 3.32. The van der Waals surface area contributed by atoms with Crippen molar-refractivity contribution in [2.45, 2.75) is 51.0 Å². The first-order chi connectivity index (χ1) is 15.2. The molecule has 1 amide bonds. The zero-order valence-electron chi connectivity index (χ0n) is 19.4. The van der Waals surface area contributed by atoms with Crippen molar-refractivity contribution >= 4 is 15.9 Å². The number of carbonyl (C=O) groups is 1. The molecule has 0 aromatic heterocycles. The van der Waals surface area contributed by atoms with Crippen LogP contribution in [0, 0.1) is 20.8 Å². The van der Waals surface area contributed by atoms with Crippen molar-refractivity contribution in [3.8, 4) is 11.5 Å². The predicted octanol–water partition coefficient (Wildman–Crippen LogP) is 3.66. The summed E-state index contributed by atoms with van der Waals surface area (Å²) >= 11 is 0. The molecule has 1 unspecified atom stereocenters. The molecule has 0 saturated carbocycles. The summed E-state index contributed by atoms with van der Waals surface area (Å²) in [5.74, 6) is 1.33. The summed E-state index contributed by atoms with van der Waals surface area (Å²) in [6.45, 7) is 6.19. The summed E-state index contributed by atoms with van der Waals surface area (Å²) < 4.78 is 39.2. The maximum absolute atomic E-state index is 13.0. The fourth-order valence-electron chi connectivity index (χ4n) is 4.59. The van der Waals surface area contributed by atoms with Gasteiger partial charge in [-0.1, -0.05) is 17.7 Å². The number of methoxy groups -OCH3 is 2. The van der Waals surface area contributed by atoms with Gasteiger partial charge in [0.1, 0.15) is 11.5 Å². The van der Waals surface area contributed by atoms with Crippen molar-refractivity contribution in [1.82, 2.24) is 9.62 Å². The van der Waals surface area contributed by atoms with Gasteiger partial charge in [0.05, 0.1) is 25.2 Å². The Hall–Kier alpha value is -2.58. The lowest BCUT2D eigenvalue weighted by Gasteiger charge is -2.27. The highest BCUT2D eigenvalue weighted by molar-refractivity contribution is 7.89.